The molecule has 8 heteroatoms. The molecule has 0 fully saturated rings. The second-order valence-electron chi connectivity index (χ2n) is 9.15. The first kappa shape index (κ1) is 29.1. The Bertz CT molecular complexity index is 691. The van der Waals surface area contributed by atoms with Gasteiger partial charge in [-0.05, 0) is 54.4 Å². The summed E-state index contributed by atoms with van der Waals surface area (Å²) in [6.07, 6.45) is 1.57. The molecule has 0 radical (unpaired) electrons. The van der Waals surface area contributed by atoms with Crippen molar-refractivity contribution in [3.8, 4) is 5.75 Å². The van der Waals surface area contributed by atoms with Gasteiger partial charge in [-0.25, -0.2) is 9.59 Å². The Balaban J connectivity index is 2.57. The number of nitrogens with one attached hydrogen (secondary N) is 1. The normalized spacial score (nSPS) is 12.3. The van der Waals surface area contributed by atoms with Gasteiger partial charge in [0.15, 0.2) is 6.10 Å². The second kappa shape index (κ2) is 15.8. The van der Waals surface area contributed by atoms with Gasteiger partial charge in [0, 0.05) is 26.1 Å². The largest absolute Gasteiger partial charge is 0.492 e. The average molecular weight is 483 g/mol. The molecule has 2 N–H and O–H groups in total. The SMILES string of the molecule is CCCSCCCN(CCOc1ccc(CC(OCC)C(=O)O)cc1)C(=O)NCC(C)(C)C. The zero-order valence-electron chi connectivity index (χ0n) is 20.9. The van der Waals surface area contributed by atoms with Gasteiger partial charge in [0.2, 0.25) is 0 Å². The van der Waals surface area contributed by atoms with E-state index < -0.39 is 12.1 Å². The van der Waals surface area contributed by atoms with Crippen molar-refractivity contribution in [1.29, 1.82) is 0 Å². The summed E-state index contributed by atoms with van der Waals surface area (Å²) in [6.45, 7) is 12.8. The topological polar surface area (TPSA) is 88.1 Å². The summed E-state index contributed by atoms with van der Waals surface area (Å²) in [7, 11) is 0. The summed E-state index contributed by atoms with van der Waals surface area (Å²) >= 11 is 1.92. The highest BCUT2D eigenvalue weighted by Crippen LogP contribution is 2.15. The summed E-state index contributed by atoms with van der Waals surface area (Å²) in [5.41, 5.74) is 0.897. The number of benzene rings is 1. The quantitative estimate of drug-likeness (QED) is 0.332. The van der Waals surface area contributed by atoms with Crippen LogP contribution in [0.15, 0.2) is 24.3 Å². The van der Waals surface area contributed by atoms with Gasteiger partial charge in [-0.3, -0.25) is 0 Å². The van der Waals surface area contributed by atoms with E-state index in [9.17, 15) is 14.7 Å². The number of aliphatic carboxylic acids is 1. The molecule has 1 aromatic rings. The van der Waals surface area contributed by atoms with Gasteiger partial charge >= 0.3 is 12.0 Å². The van der Waals surface area contributed by atoms with Gasteiger partial charge in [-0.2, -0.15) is 11.8 Å². The van der Waals surface area contributed by atoms with Gasteiger partial charge in [0.25, 0.3) is 0 Å². The maximum absolute atomic E-state index is 12.7. The molecular weight excluding hydrogens is 440 g/mol. The zero-order chi connectivity index (χ0) is 24.7. The van der Waals surface area contributed by atoms with Crippen molar-refractivity contribution < 1.29 is 24.2 Å². The van der Waals surface area contributed by atoms with Crippen LogP contribution in [-0.2, 0) is 16.0 Å². The van der Waals surface area contributed by atoms with Crippen LogP contribution in [0.5, 0.6) is 5.75 Å². The number of amides is 2. The molecule has 1 rings (SSSR count). The molecule has 2 amide bonds. The summed E-state index contributed by atoms with van der Waals surface area (Å²) in [6, 6.07) is 7.29. The zero-order valence-corrected chi connectivity index (χ0v) is 21.7. The molecule has 0 saturated carbocycles. The van der Waals surface area contributed by atoms with Crippen LogP contribution in [-0.4, -0.2) is 72.5 Å². The lowest BCUT2D eigenvalue weighted by molar-refractivity contribution is -0.149. The standard InChI is InChI=1S/C25H42N2O5S/c1-6-16-33-17-8-13-27(24(30)26-19-25(3,4)5)14-15-32-21-11-9-20(10-12-21)18-22(23(28)29)31-7-2/h9-12,22H,6-8,13-19H2,1-5H3,(H,26,30)(H,28,29). The minimum atomic E-state index is -0.963. The fourth-order valence-electron chi connectivity index (χ4n) is 3.00. The van der Waals surface area contributed by atoms with Crippen LogP contribution in [0.2, 0.25) is 0 Å². The Kier molecular flexibility index (Phi) is 14.0. The lowest BCUT2D eigenvalue weighted by Crippen LogP contribution is -2.45. The molecule has 188 valence electrons. The molecule has 0 spiro atoms. The van der Waals surface area contributed by atoms with E-state index in [1.807, 2.05) is 40.9 Å². The minimum absolute atomic E-state index is 0.0262. The Morgan fingerprint density at radius 2 is 1.82 bits per heavy atom. The lowest BCUT2D eigenvalue weighted by atomic mass is 9.97. The van der Waals surface area contributed by atoms with Crippen molar-refractivity contribution in [2.75, 3.05) is 44.4 Å². The maximum Gasteiger partial charge on any atom is 0.333 e. The van der Waals surface area contributed by atoms with Crippen LogP contribution >= 0.6 is 11.8 Å². The van der Waals surface area contributed by atoms with Crippen molar-refractivity contribution >= 4 is 23.8 Å². The van der Waals surface area contributed by atoms with E-state index in [4.69, 9.17) is 9.47 Å². The van der Waals surface area contributed by atoms with Crippen molar-refractivity contribution in [1.82, 2.24) is 10.2 Å². The van der Waals surface area contributed by atoms with E-state index in [1.165, 1.54) is 0 Å². The number of carboxylic acids is 1. The van der Waals surface area contributed by atoms with Crippen LogP contribution in [0.3, 0.4) is 0 Å². The smallest absolute Gasteiger partial charge is 0.333 e. The number of urea groups is 1. The lowest BCUT2D eigenvalue weighted by Gasteiger charge is -2.26. The third-order valence-electron chi connectivity index (χ3n) is 4.74. The van der Waals surface area contributed by atoms with Gasteiger partial charge in [0.1, 0.15) is 12.4 Å². The highest BCUT2D eigenvalue weighted by atomic mass is 32.2. The first-order valence-electron chi connectivity index (χ1n) is 11.8. The number of ether oxygens (including phenoxy) is 2. The molecule has 0 aliphatic carbocycles. The summed E-state index contributed by atoms with van der Waals surface area (Å²) in [5, 5.41) is 12.3. The Labute approximate surface area is 203 Å². The van der Waals surface area contributed by atoms with Crippen LogP contribution in [0.1, 0.15) is 53.0 Å². The number of carboxylic acid groups (broad SMARTS) is 1. The molecule has 33 heavy (non-hydrogen) atoms. The van der Waals surface area contributed by atoms with Gasteiger partial charge in [0.05, 0.1) is 6.54 Å². The van der Waals surface area contributed by atoms with E-state index >= 15 is 0 Å². The van der Waals surface area contributed by atoms with Crippen molar-refractivity contribution in [2.24, 2.45) is 5.41 Å². The van der Waals surface area contributed by atoms with Crippen molar-refractivity contribution in [3.05, 3.63) is 29.8 Å². The molecule has 7 nitrogen and oxygen atoms in total. The molecule has 0 heterocycles. The van der Waals surface area contributed by atoms with Gasteiger partial charge in [-0.15, -0.1) is 0 Å². The molecule has 0 saturated heterocycles. The highest BCUT2D eigenvalue weighted by Gasteiger charge is 2.18. The van der Waals surface area contributed by atoms with Crippen LogP contribution in [0.4, 0.5) is 4.79 Å². The monoisotopic (exact) mass is 482 g/mol. The van der Waals surface area contributed by atoms with Crippen LogP contribution < -0.4 is 10.1 Å². The highest BCUT2D eigenvalue weighted by molar-refractivity contribution is 7.99. The van der Waals surface area contributed by atoms with E-state index in [-0.39, 0.29) is 11.4 Å². The number of hydrogen-bond acceptors (Lipinski definition) is 5. The number of rotatable bonds is 16. The molecule has 0 bridgehead atoms. The Hall–Kier alpha value is -1.93. The molecule has 0 aliphatic heterocycles. The summed E-state index contributed by atoms with van der Waals surface area (Å²) < 4.78 is 11.1. The minimum Gasteiger partial charge on any atom is -0.492 e. The van der Waals surface area contributed by atoms with Gasteiger partial charge in [-0.1, -0.05) is 39.8 Å². The van der Waals surface area contributed by atoms with Crippen LogP contribution in [0.25, 0.3) is 0 Å². The molecule has 1 atom stereocenters. The van der Waals surface area contributed by atoms with E-state index in [2.05, 4.69) is 33.0 Å². The molecule has 0 aliphatic rings. The summed E-state index contributed by atoms with van der Waals surface area (Å²) in [4.78, 5) is 25.8. The number of thioether (sulfide) groups is 1. The maximum atomic E-state index is 12.7. The number of carbonyl (C=O) groups is 2. The average Bonchev–Trinajstić information content (AvgIpc) is 2.76. The second-order valence-corrected chi connectivity index (χ2v) is 10.4. The Morgan fingerprint density at radius 3 is 2.39 bits per heavy atom. The van der Waals surface area contributed by atoms with E-state index in [0.717, 1.165) is 29.9 Å². The fraction of sp³-hybridized carbons (Fsp3) is 0.680. The molecular formula is C25H42N2O5S. The first-order chi connectivity index (χ1) is 15.7. The fourth-order valence-corrected chi connectivity index (χ4v) is 3.83. The number of nitrogens with zero attached hydrogens (tertiary/aromatic N) is 1. The van der Waals surface area contributed by atoms with Gasteiger partial charge < -0.3 is 24.8 Å². The first-order valence-corrected chi connectivity index (χ1v) is 13.0. The third-order valence-corrected chi connectivity index (χ3v) is 6.01. The van der Waals surface area contributed by atoms with Crippen molar-refractivity contribution in [2.45, 2.75) is 60.0 Å². The molecule has 1 aromatic carbocycles. The number of hydrogen-bond donors (Lipinski definition) is 2. The van der Waals surface area contributed by atoms with Crippen molar-refractivity contribution in [3.63, 3.8) is 0 Å². The third kappa shape index (κ3) is 13.4. The van der Waals surface area contributed by atoms with E-state index in [0.29, 0.717) is 45.0 Å². The molecule has 1 unspecified atom stereocenters. The van der Waals surface area contributed by atoms with E-state index in [1.54, 1.807) is 6.92 Å². The summed E-state index contributed by atoms with van der Waals surface area (Å²) in [5.74, 6) is 1.91. The van der Waals surface area contributed by atoms with Crippen LogP contribution in [0, 0.1) is 5.41 Å². The predicted molar refractivity (Wildman–Crippen MR) is 135 cm³/mol. The number of carbonyl (C=O) groups excluding carboxylic acids is 1. The predicted octanol–water partition coefficient (Wildman–Crippen LogP) is 4.69. The Morgan fingerprint density at radius 1 is 1.12 bits per heavy atom. The molecule has 0 aromatic heterocycles.